The Morgan fingerprint density at radius 1 is 1.44 bits per heavy atom. The van der Waals surface area contributed by atoms with Gasteiger partial charge in [-0.05, 0) is 37.8 Å². The average Bonchev–Trinajstić information content (AvgIpc) is 2.79. The molecular weight excluding hydrogens is 226 g/mol. The third kappa shape index (κ3) is 4.78. The summed E-state index contributed by atoms with van der Waals surface area (Å²) in [6, 6.07) is 0.431. The molecule has 0 saturated heterocycles. The first-order valence-corrected chi connectivity index (χ1v) is 6.94. The minimum atomic E-state index is 0.299. The van der Waals surface area contributed by atoms with Gasteiger partial charge in [-0.25, -0.2) is 0 Å². The summed E-state index contributed by atoms with van der Waals surface area (Å²) >= 11 is 0. The zero-order valence-electron chi connectivity index (χ0n) is 12.1. The zero-order chi connectivity index (χ0) is 13.4. The predicted molar refractivity (Wildman–Crippen MR) is 74.7 cm³/mol. The molecule has 0 aliphatic rings. The van der Waals surface area contributed by atoms with Crippen LogP contribution in [-0.4, -0.2) is 35.6 Å². The standard InChI is InChI=1S/C14H27N3O/c1-5-9-15-13(14(6-2)18-4)8-7-12-10-16-17(3)11-12/h10-11,13-15H,5-9H2,1-4H3. The van der Waals surface area contributed by atoms with Crippen molar-refractivity contribution in [1.82, 2.24) is 15.1 Å². The van der Waals surface area contributed by atoms with E-state index in [1.54, 1.807) is 7.11 Å². The lowest BCUT2D eigenvalue weighted by atomic mass is 10.0. The number of methoxy groups -OCH3 is 1. The number of aromatic nitrogens is 2. The SMILES string of the molecule is CCCNC(CCc1cnn(C)c1)C(CC)OC. The molecule has 1 heterocycles. The summed E-state index contributed by atoms with van der Waals surface area (Å²) in [5, 5.41) is 7.80. The molecule has 0 bridgehead atoms. The fourth-order valence-corrected chi connectivity index (χ4v) is 2.29. The Hall–Kier alpha value is -0.870. The molecule has 18 heavy (non-hydrogen) atoms. The van der Waals surface area contributed by atoms with Gasteiger partial charge in [-0.1, -0.05) is 13.8 Å². The second kappa shape index (κ2) is 8.27. The van der Waals surface area contributed by atoms with Crippen LogP contribution in [0.2, 0.25) is 0 Å². The number of nitrogens with one attached hydrogen (secondary N) is 1. The van der Waals surface area contributed by atoms with Crippen LogP contribution in [-0.2, 0) is 18.2 Å². The largest absolute Gasteiger partial charge is 0.380 e. The van der Waals surface area contributed by atoms with Gasteiger partial charge in [0.25, 0.3) is 0 Å². The van der Waals surface area contributed by atoms with Gasteiger partial charge < -0.3 is 10.1 Å². The Bertz CT molecular complexity index is 321. The first kappa shape index (κ1) is 15.2. The predicted octanol–water partition coefficient (Wildman–Crippen LogP) is 2.15. The summed E-state index contributed by atoms with van der Waals surface area (Å²) in [4.78, 5) is 0. The fourth-order valence-electron chi connectivity index (χ4n) is 2.29. The van der Waals surface area contributed by atoms with E-state index in [2.05, 4.69) is 30.5 Å². The molecule has 0 aliphatic carbocycles. The summed E-state index contributed by atoms with van der Waals surface area (Å²) in [7, 11) is 3.76. The molecule has 4 heteroatoms. The summed E-state index contributed by atoms with van der Waals surface area (Å²) in [5.74, 6) is 0. The summed E-state index contributed by atoms with van der Waals surface area (Å²) < 4.78 is 7.43. The van der Waals surface area contributed by atoms with Gasteiger partial charge in [-0.15, -0.1) is 0 Å². The summed E-state index contributed by atoms with van der Waals surface area (Å²) in [6.45, 7) is 5.43. The van der Waals surface area contributed by atoms with Crippen molar-refractivity contribution in [3.63, 3.8) is 0 Å². The Kier molecular flexibility index (Phi) is 6.98. The minimum Gasteiger partial charge on any atom is -0.380 e. The summed E-state index contributed by atoms with van der Waals surface area (Å²) in [5.41, 5.74) is 1.30. The molecule has 1 N–H and O–H groups in total. The van der Waals surface area contributed by atoms with Gasteiger partial charge in [-0.3, -0.25) is 4.68 Å². The topological polar surface area (TPSA) is 39.1 Å². The number of rotatable bonds is 9. The monoisotopic (exact) mass is 253 g/mol. The fraction of sp³-hybridized carbons (Fsp3) is 0.786. The maximum atomic E-state index is 5.57. The molecule has 1 aromatic rings. The van der Waals surface area contributed by atoms with Crippen LogP contribution in [0, 0.1) is 0 Å². The van der Waals surface area contributed by atoms with Crippen molar-refractivity contribution in [3.05, 3.63) is 18.0 Å². The van der Waals surface area contributed by atoms with Gasteiger partial charge >= 0.3 is 0 Å². The van der Waals surface area contributed by atoms with Crippen LogP contribution in [0.4, 0.5) is 0 Å². The smallest absolute Gasteiger partial charge is 0.0721 e. The number of ether oxygens (including phenoxy) is 1. The van der Waals surface area contributed by atoms with Crippen molar-refractivity contribution in [1.29, 1.82) is 0 Å². The van der Waals surface area contributed by atoms with E-state index < -0.39 is 0 Å². The van der Waals surface area contributed by atoms with Crippen LogP contribution in [0.3, 0.4) is 0 Å². The normalized spacial score (nSPS) is 14.7. The number of aryl methyl sites for hydroxylation is 2. The molecule has 4 nitrogen and oxygen atoms in total. The lowest BCUT2D eigenvalue weighted by molar-refractivity contribution is 0.0626. The maximum Gasteiger partial charge on any atom is 0.0721 e. The molecular formula is C14H27N3O. The highest BCUT2D eigenvalue weighted by Crippen LogP contribution is 2.11. The minimum absolute atomic E-state index is 0.299. The molecule has 104 valence electrons. The van der Waals surface area contributed by atoms with Crippen molar-refractivity contribution in [2.24, 2.45) is 7.05 Å². The van der Waals surface area contributed by atoms with E-state index in [4.69, 9.17) is 4.74 Å². The summed E-state index contributed by atoms with van der Waals surface area (Å²) in [6.07, 6.45) is 8.69. The van der Waals surface area contributed by atoms with E-state index >= 15 is 0 Å². The van der Waals surface area contributed by atoms with E-state index in [0.29, 0.717) is 12.1 Å². The molecule has 0 aromatic carbocycles. The molecule has 0 spiro atoms. The molecule has 0 amide bonds. The van der Waals surface area contributed by atoms with Crippen molar-refractivity contribution < 1.29 is 4.74 Å². The Balaban J connectivity index is 2.49. The quantitative estimate of drug-likeness (QED) is 0.733. The molecule has 2 atom stereocenters. The zero-order valence-corrected chi connectivity index (χ0v) is 12.1. The molecule has 0 aliphatic heterocycles. The first-order valence-electron chi connectivity index (χ1n) is 6.94. The highest BCUT2D eigenvalue weighted by atomic mass is 16.5. The van der Waals surface area contributed by atoms with Crippen molar-refractivity contribution >= 4 is 0 Å². The van der Waals surface area contributed by atoms with Crippen LogP contribution in [0.25, 0.3) is 0 Å². The van der Waals surface area contributed by atoms with Crippen LogP contribution >= 0.6 is 0 Å². The van der Waals surface area contributed by atoms with Gasteiger partial charge in [0.2, 0.25) is 0 Å². The lowest BCUT2D eigenvalue weighted by Crippen LogP contribution is -2.41. The average molecular weight is 253 g/mol. The number of hydrogen-bond acceptors (Lipinski definition) is 3. The first-order chi connectivity index (χ1) is 8.71. The van der Waals surface area contributed by atoms with Crippen LogP contribution < -0.4 is 5.32 Å². The number of nitrogens with zero attached hydrogens (tertiary/aromatic N) is 2. The van der Waals surface area contributed by atoms with E-state index in [1.165, 1.54) is 5.56 Å². The van der Waals surface area contributed by atoms with E-state index in [9.17, 15) is 0 Å². The van der Waals surface area contributed by atoms with Gasteiger partial charge in [0, 0.05) is 26.4 Å². The molecule has 1 rings (SSSR count). The van der Waals surface area contributed by atoms with Gasteiger partial charge in [0.15, 0.2) is 0 Å². The van der Waals surface area contributed by atoms with Crippen molar-refractivity contribution in [3.8, 4) is 0 Å². The van der Waals surface area contributed by atoms with E-state index in [-0.39, 0.29) is 0 Å². The Morgan fingerprint density at radius 3 is 2.72 bits per heavy atom. The van der Waals surface area contributed by atoms with Crippen molar-refractivity contribution in [2.75, 3.05) is 13.7 Å². The van der Waals surface area contributed by atoms with E-state index in [0.717, 1.165) is 32.2 Å². The maximum absolute atomic E-state index is 5.57. The molecule has 0 saturated carbocycles. The highest BCUT2D eigenvalue weighted by Gasteiger charge is 2.18. The highest BCUT2D eigenvalue weighted by molar-refractivity contribution is 5.04. The third-order valence-corrected chi connectivity index (χ3v) is 3.31. The van der Waals surface area contributed by atoms with E-state index in [1.807, 2.05) is 17.9 Å². The van der Waals surface area contributed by atoms with Crippen LogP contribution in [0.1, 0.15) is 38.7 Å². The van der Waals surface area contributed by atoms with Crippen LogP contribution in [0.15, 0.2) is 12.4 Å². The molecule has 0 fully saturated rings. The molecule has 1 aromatic heterocycles. The number of hydrogen-bond donors (Lipinski definition) is 1. The van der Waals surface area contributed by atoms with Crippen molar-refractivity contribution in [2.45, 2.75) is 51.7 Å². The second-order valence-corrected chi connectivity index (χ2v) is 4.80. The lowest BCUT2D eigenvalue weighted by Gasteiger charge is -2.26. The third-order valence-electron chi connectivity index (χ3n) is 3.31. The Labute approximate surface area is 111 Å². The van der Waals surface area contributed by atoms with Gasteiger partial charge in [0.1, 0.15) is 0 Å². The van der Waals surface area contributed by atoms with Crippen LogP contribution in [0.5, 0.6) is 0 Å². The molecule has 0 radical (unpaired) electrons. The second-order valence-electron chi connectivity index (χ2n) is 4.80. The van der Waals surface area contributed by atoms with Gasteiger partial charge in [-0.2, -0.15) is 5.10 Å². The Morgan fingerprint density at radius 2 is 2.22 bits per heavy atom. The molecule has 2 unspecified atom stereocenters. The van der Waals surface area contributed by atoms with Gasteiger partial charge in [0.05, 0.1) is 12.3 Å².